The monoisotopic (exact) mass is 312 g/mol. The van der Waals surface area contributed by atoms with Crippen molar-refractivity contribution in [3.63, 3.8) is 0 Å². The van der Waals surface area contributed by atoms with Crippen molar-refractivity contribution in [1.29, 1.82) is 0 Å². The average molecular weight is 312 g/mol. The minimum atomic E-state index is 0.846. The van der Waals surface area contributed by atoms with Crippen LogP contribution in [0.25, 0.3) is 5.69 Å². The van der Waals surface area contributed by atoms with Crippen LogP contribution in [0, 0.1) is 3.57 Å². The van der Waals surface area contributed by atoms with E-state index in [0.29, 0.717) is 0 Å². The van der Waals surface area contributed by atoms with Crippen molar-refractivity contribution < 1.29 is 5.21 Å². The highest BCUT2D eigenvalue weighted by Gasteiger charge is 2.00. The Morgan fingerprint density at radius 2 is 1.93 bits per heavy atom. The van der Waals surface area contributed by atoms with Crippen LogP contribution in [0.4, 0.5) is 0 Å². The Morgan fingerprint density at radius 3 is 2.60 bits per heavy atom. The first-order valence-electron chi connectivity index (χ1n) is 4.42. The van der Waals surface area contributed by atoms with Gasteiger partial charge in [-0.1, -0.05) is 5.16 Å². The first-order chi connectivity index (χ1) is 7.31. The lowest BCUT2D eigenvalue weighted by Gasteiger charge is -2.05. The first-order valence-corrected chi connectivity index (χ1v) is 5.50. The second-order valence-electron chi connectivity index (χ2n) is 3.02. The Labute approximate surface area is 101 Å². The predicted molar refractivity (Wildman–Crippen MR) is 67.9 cm³/mol. The quantitative estimate of drug-likeness (QED) is 0.394. The molecular weight excluding hydrogens is 303 g/mol. The van der Waals surface area contributed by atoms with Gasteiger partial charge in [-0.25, -0.2) is 0 Å². The molecule has 0 saturated carbocycles. The van der Waals surface area contributed by atoms with E-state index in [1.54, 1.807) is 0 Å². The molecule has 1 aromatic heterocycles. The van der Waals surface area contributed by atoms with E-state index in [0.717, 1.165) is 11.4 Å². The van der Waals surface area contributed by atoms with Crippen LogP contribution in [-0.2, 0) is 0 Å². The van der Waals surface area contributed by atoms with Crippen molar-refractivity contribution in [3.05, 3.63) is 51.9 Å². The summed E-state index contributed by atoms with van der Waals surface area (Å²) in [5.74, 6) is 0. The van der Waals surface area contributed by atoms with Gasteiger partial charge in [-0.3, -0.25) is 0 Å². The van der Waals surface area contributed by atoms with Crippen molar-refractivity contribution in [3.8, 4) is 5.69 Å². The first kappa shape index (κ1) is 10.2. The lowest BCUT2D eigenvalue weighted by molar-refractivity contribution is 0.321. The molecule has 4 heteroatoms. The Kier molecular flexibility index (Phi) is 3.05. The van der Waals surface area contributed by atoms with Gasteiger partial charge in [-0.15, -0.1) is 0 Å². The minimum Gasteiger partial charge on any atom is -0.411 e. The highest BCUT2D eigenvalue weighted by Crippen LogP contribution is 2.13. The second kappa shape index (κ2) is 4.48. The number of rotatable bonds is 2. The third kappa shape index (κ3) is 2.20. The standard InChI is InChI=1S/C11H9IN2O/c12-9-3-5-10(6-4-9)14-7-1-2-11(14)8-13-15/h1-8,15H/b13-8+. The van der Waals surface area contributed by atoms with Crippen LogP contribution < -0.4 is 0 Å². The lowest BCUT2D eigenvalue weighted by Crippen LogP contribution is -1.97. The van der Waals surface area contributed by atoms with Crippen molar-refractivity contribution in [2.24, 2.45) is 5.16 Å². The third-order valence-electron chi connectivity index (χ3n) is 2.08. The predicted octanol–water partition coefficient (Wildman–Crippen LogP) is 2.89. The minimum absolute atomic E-state index is 0.846. The Balaban J connectivity index is 2.44. The molecule has 0 aliphatic carbocycles. The maximum absolute atomic E-state index is 8.51. The fourth-order valence-electron chi connectivity index (χ4n) is 1.40. The molecule has 0 bridgehead atoms. The van der Waals surface area contributed by atoms with Gasteiger partial charge < -0.3 is 9.77 Å². The van der Waals surface area contributed by atoms with Gasteiger partial charge in [0.2, 0.25) is 0 Å². The number of halogens is 1. The largest absolute Gasteiger partial charge is 0.411 e. The van der Waals surface area contributed by atoms with Gasteiger partial charge in [0.1, 0.15) is 0 Å². The molecule has 0 aliphatic heterocycles. The number of nitrogens with zero attached hydrogens (tertiary/aromatic N) is 2. The number of benzene rings is 1. The van der Waals surface area contributed by atoms with E-state index in [4.69, 9.17) is 5.21 Å². The molecule has 0 amide bonds. The van der Waals surface area contributed by atoms with Crippen molar-refractivity contribution >= 4 is 28.8 Å². The molecule has 76 valence electrons. The van der Waals surface area contributed by atoms with Crippen LogP contribution in [-0.4, -0.2) is 16.0 Å². The molecule has 0 radical (unpaired) electrons. The zero-order valence-corrected chi connectivity index (χ0v) is 10.00. The summed E-state index contributed by atoms with van der Waals surface area (Å²) >= 11 is 2.26. The number of hydrogen-bond donors (Lipinski definition) is 1. The summed E-state index contributed by atoms with van der Waals surface area (Å²) in [7, 11) is 0. The molecule has 0 fully saturated rings. The normalized spacial score (nSPS) is 11.0. The topological polar surface area (TPSA) is 37.5 Å². The smallest absolute Gasteiger partial charge is 0.0901 e. The Morgan fingerprint density at radius 1 is 1.20 bits per heavy atom. The summed E-state index contributed by atoms with van der Waals surface area (Å²) in [5.41, 5.74) is 1.90. The molecule has 0 unspecified atom stereocenters. The van der Waals surface area contributed by atoms with Gasteiger partial charge >= 0.3 is 0 Å². The average Bonchev–Trinajstić information content (AvgIpc) is 2.68. The summed E-state index contributed by atoms with van der Waals surface area (Å²) < 4.78 is 3.15. The van der Waals surface area contributed by atoms with Crippen molar-refractivity contribution in [1.82, 2.24) is 4.57 Å². The molecule has 1 aromatic carbocycles. The van der Waals surface area contributed by atoms with Crippen LogP contribution in [0.2, 0.25) is 0 Å². The van der Waals surface area contributed by atoms with E-state index in [2.05, 4.69) is 27.7 Å². The van der Waals surface area contributed by atoms with Crippen LogP contribution in [0.3, 0.4) is 0 Å². The van der Waals surface area contributed by atoms with Crippen LogP contribution in [0.5, 0.6) is 0 Å². The van der Waals surface area contributed by atoms with Crippen LogP contribution in [0.1, 0.15) is 5.69 Å². The molecule has 0 atom stereocenters. The number of aromatic nitrogens is 1. The highest BCUT2D eigenvalue weighted by molar-refractivity contribution is 14.1. The fourth-order valence-corrected chi connectivity index (χ4v) is 1.75. The molecule has 15 heavy (non-hydrogen) atoms. The van der Waals surface area contributed by atoms with Gasteiger partial charge in [0, 0.05) is 15.5 Å². The fraction of sp³-hybridized carbons (Fsp3) is 0. The summed E-state index contributed by atoms with van der Waals surface area (Å²) in [6.45, 7) is 0. The maximum Gasteiger partial charge on any atom is 0.0901 e. The lowest BCUT2D eigenvalue weighted by atomic mass is 10.3. The second-order valence-corrected chi connectivity index (χ2v) is 4.27. The van der Waals surface area contributed by atoms with Crippen LogP contribution in [0.15, 0.2) is 47.8 Å². The summed E-state index contributed by atoms with van der Waals surface area (Å²) in [5, 5.41) is 11.5. The van der Waals surface area contributed by atoms with Gasteiger partial charge in [-0.2, -0.15) is 0 Å². The molecule has 0 spiro atoms. The zero-order chi connectivity index (χ0) is 10.7. The molecule has 3 nitrogen and oxygen atoms in total. The Bertz CT molecular complexity index is 474. The van der Waals surface area contributed by atoms with E-state index in [1.807, 2.05) is 47.2 Å². The zero-order valence-electron chi connectivity index (χ0n) is 7.84. The Hall–Kier alpha value is -1.30. The number of oxime groups is 1. The molecule has 2 rings (SSSR count). The number of hydrogen-bond acceptors (Lipinski definition) is 2. The van der Waals surface area contributed by atoms with E-state index in [9.17, 15) is 0 Å². The molecule has 0 saturated heterocycles. The summed E-state index contributed by atoms with van der Waals surface area (Å²) in [6.07, 6.45) is 3.34. The van der Waals surface area contributed by atoms with Crippen molar-refractivity contribution in [2.75, 3.05) is 0 Å². The van der Waals surface area contributed by atoms with Gasteiger partial charge in [0.05, 0.1) is 11.9 Å². The SMILES string of the molecule is O/N=C/c1cccn1-c1ccc(I)cc1. The van der Waals surface area contributed by atoms with E-state index in [1.165, 1.54) is 9.78 Å². The van der Waals surface area contributed by atoms with Crippen LogP contribution >= 0.6 is 22.6 Å². The van der Waals surface area contributed by atoms with Gasteiger partial charge in [-0.05, 0) is 59.0 Å². The molecular formula is C11H9IN2O. The van der Waals surface area contributed by atoms with E-state index < -0.39 is 0 Å². The maximum atomic E-state index is 8.51. The molecule has 1 heterocycles. The highest BCUT2D eigenvalue weighted by atomic mass is 127. The summed E-state index contributed by atoms with van der Waals surface area (Å²) in [4.78, 5) is 0. The van der Waals surface area contributed by atoms with Gasteiger partial charge in [0.25, 0.3) is 0 Å². The van der Waals surface area contributed by atoms with E-state index >= 15 is 0 Å². The van der Waals surface area contributed by atoms with E-state index in [-0.39, 0.29) is 0 Å². The molecule has 0 aliphatic rings. The third-order valence-corrected chi connectivity index (χ3v) is 2.79. The molecule has 1 N–H and O–H groups in total. The molecule has 2 aromatic rings. The summed E-state index contributed by atoms with van der Waals surface area (Å²) in [6, 6.07) is 11.9. The van der Waals surface area contributed by atoms with Gasteiger partial charge in [0.15, 0.2) is 0 Å². The van der Waals surface area contributed by atoms with Crippen molar-refractivity contribution in [2.45, 2.75) is 0 Å².